The highest BCUT2D eigenvalue weighted by atomic mass is 32.2. The average Bonchev–Trinajstić information content (AvgIpc) is 2.50. The maximum absolute atomic E-state index is 11.8. The Hall–Kier alpha value is -1.97. The summed E-state index contributed by atoms with van der Waals surface area (Å²) in [6, 6.07) is 8.97. The van der Waals surface area contributed by atoms with Crippen LogP contribution < -0.4 is 9.44 Å². The highest BCUT2D eigenvalue weighted by Gasteiger charge is 2.33. The Labute approximate surface area is 135 Å². The average molecular weight is 344 g/mol. The molecule has 0 spiro atoms. The second kappa shape index (κ2) is 8.04. The monoisotopic (exact) mass is 344 g/mol. The Kier molecular flexibility index (Phi) is 6.67. The van der Waals surface area contributed by atoms with Gasteiger partial charge in [-0.1, -0.05) is 30.3 Å². The molecule has 0 radical (unpaired) electrons. The van der Waals surface area contributed by atoms with Gasteiger partial charge in [-0.25, -0.2) is 0 Å². The number of carbonyl (C=O) groups is 2. The molecule has 1 aromatic rings. The van der Waals surface area contributed by atoms with Crippen molar-refractivity contribution < 1.29 is 27.5 Å². The lowest BCUT2D eigenvalue weighted by atomic mass is 10.1. The highest BCUT2D eigenvalue weighted by molar-refractivity contribution is 7.87. The van der Waals surface area contributed by atoms with E-state index in [0.29, 0.717) is 0 Å². The van der Waals surface area contributed by atoms with E-state index in [9.17, 15) is 18.0 Å². The first-order valence-corrected chi connectivity index (χ1v) is 8.21. The molecule has 0 atom stereocenters. The zero-order valence-corrected chi connectivity index (χ0v) is 14.0. The van der Waals surface area contributed by atoms with Gasteiger partial charge < -0.3 is 9.47 Å². The van der Waals surface area contributed by atoms with E-state index < -0.39 is 34.2 Å². The summed E-state index contributed by atoms with van der Waals surface area (Å²) in [5, 5.41) is 0. The lowest BCUT2D eigenvalue weighted by Crippen LogP contribution is -2.54. The van der Waals surface area contributed by atoms with Crippen molar-refractivity contribution in [3.63, 3.8) is 0 Å². The number of rotatable bonds is 8. The van der Waals surface area contributed by atoms with Crippen LogP contribution >= 0.6 is 0 Å². The standard InChI is InChI=1S/C14H20N2O6S/c1-14(2,13(18)21-3)16-23(19,20)15-9-12(17)22-10-11-7-5-4-6-8-11/h4-8,15-16H,9-10H2,1-3H3. The van der Waals surface area contributed by atoms with Crippen LogP contribution in [-0.4, -0.2) is 39.5 Å². The topological polar surface area (TPSA) is 111 Å². The number of carbonyl (C=O) groups excluding carboxylic acids is 2. The van der Waals surface area contributed by atoms with Gasteiger partial charge in [-0.3, -0.25) is 9.59 Å². The normalized spacial score (nSPS) is 11.8. The van der Waals surface area contributed by atoms with E-state index in [1.165, 1.54) is 13.8 Å². The van der Waals surface area contributed by atoms with Crippen LogP contribution in [0.1, 0.15) is 19.4 Å². The lowest BCUT2D eigenvalue weighted by Gasteiger charge is -2.22. The molecule has 0 amide bonds. The van der Waals surface area contributed by atoms with Crippen LogP contribution in [-0.2, 0) is 35.9 Å². The summed E-state index contributed by atoms with van der Waals surface area (Å²) in [5.41, 5.74) is -0.678. The number of nitrogens with one attached hydrogen (secondary N) is 2. The molecule has 8 nitrogen and oxygen atoms in total. The zero-order chi connectivity index (χ0) is 17.5. The first-order valence-electron chi connectivity index (χ1n) is 6.73. The van der Waals surface area contributed by atoms with Crippen LogP contribution in [0, 0.1) is 0 Å². The van der Waals surface area contributed by atoms with Crippen molar-refractivity contribution in [3.05, 3.63) is 35.9 Å². The molecule has 1 rings (SSSR count). The van der Waals surface area contributed by atoms with E-state index in [2.05, 4.69) is 9.46 Å². The number of hydrogen-bond donors (Lipinski definition) is 2. The molecule has 128 valence electrons. The molecular formula is C14H20N2O6S. The highest BCUT2D eigenvalue weighted by Crippen LogP contribution is 2.06. The smallest absolute Gasteiger partial charge is 0.326 e. The van der Waals surface area contributed by atoms with E-state index in [1.807, 2.05) is 10.8 Å². The first-order chi connectivity index (χ1) is 10.7. The predicted octanol–water partition coefficient (Wildman–Crippen LogP) is 0.105. The third-order valence-electron chi connectivity index (χ3n) is 2.73. The van der Waals surface area contributed by atoms with E-state index >= 15 is 0 Å². The molecule has 0 unspecified atom stereocenters. The van der Waals surface area contributed by atoms with Crippen LogP contribution in [0.25, 0.3) is 0 Å². The van der Waals surface area contributed by atoms with Gasteiger partial charge in [0.1, 0.15) is 18.7 Å². The maximum atomic E-state index is 11.8. The molecule has 0 aliphatic carbocycles. The summed E-state index contributed by atoms with van der Waals surface area (Å²) < 4.78 is 37.1. The minimum atomic E-state index is -4.07. The molecule has 0 heterocycles. The fourth-order valence-corrected chi connectivity index (χ4v) is 2.75. The number of hydrogen-bond acceptors (Lipinski definition) is 6. The van der Waals surface area contributed by atoms with Crippen LogP contribution in [0.5, 0.6) is 0 Å². The quantitative estimate of drug-likeness (QED) is 0.647. The van der Waals surface area contributed by atoms with Crippen LogP contribution in [0.2, 0.25) is 0 Å². The summed E-state index contributed by atoms with van der Waals surface area (Å²) in [5.74, 6) is -1.50. The molecule has 0 aliphatic rings. The molecule has 0 bridgehead atoms. The molecule has 0 aromatic heterocycles. The fraction of sp³-hybridized carbons (Fsp3) is 0.429. The molecule has 0 saturated heterocycles. The maximum Gasteiger partial charge on any atom is 0.326 e. The van der Waals surface area contributed by atoms with E-state index in [-0.39, 0.29) is 6.61 Å². The summed E-state index contributed by atoms with van der Waals surface area (Å²) in [7, 11) is -2.93. The Bertz CT molecular complexity index is 642. The van der Waals surface area contributed by atoms with E-state index in [1.54, 1.807) is 24.3 Å². The molecular weight excluding hydrogens is 324 g/mol. The third kappa shape index (κ3) is 6.76. The molecule has 9 heteroatoms. The molecule has 1 aromatic carbocycles. The number of methoxy groups -OCH3 is 1. The summed E-state index contributed by atoms with van der Waals surface area (Å²) >= 11 is 0. The fourth-order valence-electron chi connectivity index (χ4n) is 1.61. The molecule has 2 N–H and O–H groups in total. The van der Waals surface area contributed by atoms with Crippen molar-refractivity contribution in [2.45, 2.75) is 26.0 Å². The largest absolute Gasteiger partial charge is 0.468 e. The first kappa shape index (κ1) is 19.1. The van der Waals surface area contributed by atoms with E-state index in [0.717, 1.165) is 12.7 Å². The summed E-state index contributed by atoms with van der Waals surface area (Å²) in [4.78, 5) is 23.0. The van der Waals surface area contributed by atoms with Gasteiger partial charge in [-0.15, -0.1) is 0 Å². The zero-order valence-electron chi connectivity index (χ0n) is 13.2. The number of ether oxygens (including phenoxy) is 2. The Morgan fingerprint density at radius 1 is 1.17 bits per heavy atom. The van der Waals surface area contributed by atoms with Gasteiger partial charge in [0.25, 0.3) is 10.2 Å². The predicted molar refractivity (Wildman–Crippen MR) is 82.4 cm³/mol. The number of benzene rings is 1. The minimum absolute atomic E-state index is 0.0441. The molecule has 0 aliphatic heterocycles. The summed E-state index contributed by atoms with van der Waals surface area (Å²) in [6.07, 6.45) is 0. The Morgan fingerprint density at radius 3 is 2.35 bits per heavy atom. The number of esters is 2. The SMILES string of the molecule is COC(=O)C(C)(C)NS(=O)(=O)NCC(=O)OCc1ccccc1. The van der Waals surface area contributed by atoms with Crippen molar-refractivity contribution in [2.75, 3.05) is 13.7 Å². The van der Waals surface area contributed by atoms with Crippen molar-refractivity contribution in [1.29, 1.82) is 0 Å². The van der Waals surface area contributed by atoms with Gasteiger partial charge >= 0.3 is 11.9 Å². The van der Waals surface area contributed by atoms with Crippen LogP contribution in [0.4, 0.5) is 0 Å². The van der Waals surface area contributed by atoms with Crippen molar-refractivity contribution >= 4 is 22.1 Å². The molecule has 0 fully saturated rings. The second-order valence-corrected chi connectivity index (χ2v) is 6.69. The van der Waals surface area contributed by atoms with Gasteiger partial charge in [0.05, 0.1) is 7.11 Å². The second-order valence-electron chi connectivity index (χ2n) is 5.19. The van der Waals surface area contributed by atoms with Gasteiger partial charge in [0, 0.05) is 0 Å². The van der Waals surface area contributed by atoms with Gasteiger partial charge in [-0.05, 0) is 19.4 Å². The van der Waals surface area contributed by atoms with Crippen molar-refractivity contribution in [2.24, 2.45) is 0 Å². The minimum Gasteiger partial charge on any atom is -0.468 e. The van der Waals surface area contributed by atoms with E-state index in [4.69, 9.17) is 4.74 Å². The van der Waals surface area contributed by atoms with Crippen LogP contribution in [0.3, 0.4) is 0 Å². The van der Waals surface area contributed by atoms with Crippen molar-refractivity contribution in [1.82, 2.24) is 9.44 Å². The van der Waals surface area contributed by atoms with Gasteiger partial charge in [0.2, 0.25) is 0 Å². The van der Waals surface area contributed by atoms with Crippen molar-refractivity contribution in [3.8, 4) is 0 Å². The van der Waals surface area contributed by atoms with Gasteiger partial charge in [0.15, 0.2) is 0 Å². The van der Waals surface area contributed by atoms with Gasteiger partial charge in [-0.2, -0.15) is 17.9 Å². The summed E-state index contributed by atoms with van der Waals surface area (Å²) in [6.45, 7) is 2.17. The lowest BCUT2D eigenvalue weighted by molar-refractivity contribution is -0.146. The Morgan fingerprint density at radius 2 is 1.78 bits per heavy atom. The van der Waals surface area contributed by atoms with Crippen LogP contribution in [0.15, 0.2) is 30.3 Å². The molecule has 23 heavy (non-hydrogen) atoms. The Balaban J connectivity index is 2.46. The molecule has 0 saturated carbocycles. The third-order valence-corrected chi connectivity index (χ3v) is 4.04.